The summed E-state index contributed by atoms with van der Waals surface area (Å²) in [6, 6.07) is 9.04. The first-order valence-electron chi connectivity index (χ1n) is 7.67. The molecule has 4 rings (SSSR count). The SMILES string of the molecule is Nc1ccc(CN(CC2CC2)C2CC2)c2ncccc12. The number of benzene rings is 1. The van der Waals surface area contributed by atoms with Gasteiger partial charge in [-0.25, -0.2) is 0 Å². The minimum absolute atomic E-state index is 0.812. The zero-order valence-electron chi connectivity index (χ0n) is 11.8. The first-order chi connectivity index (χ1) is 9.81. The average molecular weight is 267 g/mol. The predicted octanol–water partition coefficient (Wildman–Crippen LogP) is 3.19. The minimum atomic E-state index is 0.812. The molecule has 104 valence electrons. The molecule has 0 bridgehead atoms. The third-order valence-electron chi connectivity index (χ3n) is 4.51. The van der Waals surface area contributed by atoms with Crippen LogP contribution < -0.4 is 5.73 Å². The summed E-state index contributed by atoms with van der Waals surface area (Å²) in [6.07, 6.45) is 7.45. The van der Waals surface area contributed by atoms with Crippen molar-refractivity contribution >= 4 is 16.6 Å². The lowest BCUT2D eigenvalue weighted by molar-refractivity contribution is 0.245. The molecule has 2 saturated carbocycles. The van der Waals surface area contributed by atoms with Crippen LogP contribution in [-0.4, -0.2) is 22.5 Å². The molecule has 0 saturated heterocycles. The minimum Gasteiger partial charge on any atom is -0.398 e. The van der Waals surface area contributed by atoms with Crippen LogP contribution in [0.25, 0.3) is 10.9 Å². The molecule has 1 heterocycles. The van der Waals surface area contributed by atoms with Gasteiger partial charge in [0, 0.05) is 36.4 Å². The number of anilines is 1. The Morgan fingerprint density at radius 2 is 2.00 bits per heavy atom. The lowest BCUT2D eigenvalue weighted by atomic mass is 10.1. The van der Waals surface area contributed by atoms with Gasteiger partial charge in [-0.05, 0) is 55.4 Å². The molecular formula is C17H21N3. The fraction of sp³-hybridized carbons (Fsp3) is 0.471. The molecule has 20 heavy (non-hydrogen) atoms. The van der Waals surface area contributed by atoms with Crippen LogP contribution >= 0.6 is 0 Å². The molecule has 0 amide bonds. The van der Waals surface area contributed by atoms with Crippen LogP contribution in [0.1, 0.15) is 31.2 Å². The molecular weight excluding hydrogens is 246 g/mol. The van der Waals surface area contributed by atoms with E-state index in [0.717, 1.165) is 35.1 Å². The Morgan fingerprint density at radius 3 is 2.75 bits per heavy atom. The van der Waals surface area contributed by atoms with E-state index in [2.05, 4.69) is 22.0 Å². The molecule has 0 spiro atoms. The van der Waals surface area contributed by atoms with Crippen molar-refractivity contribution in [3.8, 4) is 0 Å². The van der Waals surface area contributed by atoms with E-state index < -0.39 is 0 Å². The molecule has 1 aromatic heterocycles. The van der Waals surface area contributed by atoms with E-state index in [1.807, 2.05) is 18.3 Å². The normalized spacial score (nSPS) is 18.9. The van der Waals surface area contributed by atoms with Gasteiger partial charge in [0.15, 0.2) is 0 Å². The van der Waals surface area contributed by atoms with Crippen LogP contribution in [0.2, 0.25) is 0 Å². The van der Waals surface area contributed by atoms with E-state index in [1.54, 1.807) is 0 Å². The zero-order chi connectivity index (χ0) is 13.5. The highest BCUT2D eigenvalue weighted by molar-refractivity contribution is 5.92. The van der Waals surface area contributed by atoms with Gasteiger partial charge < -0.3 is 5.73 Å². The molecule has 2 aliphatic rings. The molecule has 0 aliphatic heterocycles. The lowest BCUT2D eigenvalue weighted by Crippen LogP contribution is -2.28. The number of rotatable bonds is 5. The van der Waals surface area contributed by atoms with Gasteiger partial charge in [0.25, 0.3) is 0 Å². The van der Waals surface area contributed by atoms with Gasteiger partial charge in [0.05, 0.1) is 5.52 Å². The number of aromatic nitrogens is 1. The maximum absolute atomic E-state index is 6.07. The fourth-order valence-electron chi connectivity index (χ4n) is 3.01. The molecule has 0 unspecified atom stereocenters. The van der Waals surface area contributed by atoms with Gasteiger partial charge in [-0.3, -0.25) is 9.88 Å². The van der Waals surface area contributed by atoms with Crippen molar-refractivity contribution in [1.82, 2.24) is 9.88 Å². The zero-order valence-corrected chi connectivity index (χ0v) is 11.8. The molecule has 0 atom stereocenters. The van der Waals surface area contributed by atoms with E-state index >= 15 is 0 Å². The van der Waals surface area contributed by atoms with Crippen molar-refractivity contribution in [1.29, 1.82) is 0 Å². The Balaban J connectivity index is 1.65. The van der Waals surface area contributed by atoms with Crippen LogP contribution in [-0.2, 0) is 6.54 Å². The number of nitrogens with two attached hydrogens (primary N) is 1. The fourth-order valence-corrected chi connectivity index (χ4v) is 3.01. The van der Waals surface area contributed by atoms with Crippen molar-refractivity contribution < 1.29 is 0 Å². The highest BCUT2D eigenvalue weighted by atomic mass is 15.2. The van der Waals surface area contributed by atoms with E-state index in [-0.39, 0.29) is 0 Å². The smallest absolute Gasteiger partial charge is 0.0767 e. The summed E-state index contributed by atoms with van der Waals surface area (Å²) in [6.45, 7) is 2.29. The molecule has 3 nitrogen and oxygen atoms in total. The van der Waals surface area contributed by atoms with Crippen LogP contribution in [0.3, 0.4) is 0 Å². The number of pyridine rings is 1. The maximum atomic E-state index is 6.07. The van der Waals surface area contributed by atoms with Crippen molar-refractivity contribution in [3.63, 3.8) is 0 Å². The van der Waals surface area contributed by atoms with Crippen LogP contribution in [0.4, 0.5) is 5.69 Å². The third-order valence-corrected chi connectivity index (χ3v) is 4.51. The van der Waals surface area contributed by atoms with E-state index in [4.69, 9.17) is 5.73 Å². The van der Waals surface area contributed by atoms with Gasteiger partial charge in [0.1, 0.15) is 0 Å². The van der Waals surface area contributed by atoms with Crippen LogP contribution in [0.5, 0.6) is 0 Å². The Labute approximate surface area is 119 Å². The average Bonchev–Trinajstić information content (AvgIpc) is 3.35. The number of hydrogen-bond acceptors (Lipinski definition) is 3. The summed E-state index contributed by atoms with van der Waals surface area (Å²) in [4.78, 5) is 7.23. The summed E-state index contributed by atoms with van der Waals surface area (Å²) >= 11 is 0. The Hall–Kier alpha value is -1.61. The number of fused-ring (bicyclic) bond motifs is 1. The quantitative estimate of drug-likeness (QED) is 0.846. The monoisotopic (exact) mass is 267 g/mol. The summed E-state index contributed by atoms with van der Waals surface area (Å²) in [7, 11) is 0. The number of nitrogens with zero attached hydrogens (tertiary/aromatic N) is 2. The number of nitrogen functional groups attached to an aromatic ring is 1. The highest BCUT2D eigenvalue weighted by Gasteiger charge is 2.33. The van der Waals surface area contributed by atoms with Crippen LogP contribution in [0, 0.1) is 5.92 Å². The Bertz CT molecular complexity index is 629. The van der Waals surface area contributed by atoms with Gasteiger partial charge in [-0.1, -0.05) is 6.07 Å². The third kappa shape index (κ3) is 2.38. The second-order valence-electron chi connectivity index (χ2n) is 6.32. The van der Waals surface area contributed by atoms with Crippen molar-refractivity contribution in [2.24, 2.45) is 5.92 Å². The molecule has 1 aromatic carbocycles. The van der Waals surface area contributed by atoms with Gasteiger partial charge >= 0.3 is 0 Å². The first kappa shape index (κ1) is 12.2. The Morgan fingerprint density at radius 1 is 1.15 bits per heavy atom. The molecule has 3 heteroatoms. The summed E-state index contributed by atoms with van der Waals surface area (Å²) in [5, 5.41) is 1.09. The van der Waals surface area contributed by atoms with E-state index in [0.29, 0.717) is 0 Å². The summed E-state index contributed by atoms with van der Waals surface area (Å²) in [5.74, 6) is 0.948. The highest BCUT2D eigenvalue weighted by Crippen LogP contribution is 2.36. The Kier molecular flexibility index (Phi) is 2.88. The molecule has 2 aliphatic carbocycles. The molecule has 2 N–H and O–H groups in total. The van der Waals surface area contributed by atoms with E-state index in [9.17, 15) is 0 Å². The maximum Gasteiger partial charge on any atom is 0.0767 e. The summed E-state index contributed by atoms with van der Waals surface area (Å²) < 4.78 is 0. The first-order valence-corrected chi connectivity index (χ1v) is 7.67. The van der Waals surface area contributed by atoms with Gasteiger partial charge in [0.2, 0.25) is 0 Å². The van der Waals surface area contributed by atoms with Crippen molar-refractivity contribution in [2.45, 2.75) is 38.3 Å². The lowest BCUT2D eigenvalue weighted by Gasteiger charge is -2.22. The second-order valence-corrected chi connectivity index (χ2v) is 6.32. The molecule has 0 radical (unpaired) electrons. The van der Waals surface area contributed by atoms with E-state index in [1.165, 1.54) is 37.8 Å². The topological polar surface area (TPSA) is 42.1 Å². The molecule has 2 fully saturated rings. The standard InChI is InChI=1S/C17H21N3/c18-16-8-5-13(17-15(16)2-1-9-19-17)11-20(14-6-7-14)10-12-3-4-12/h1-2,5,8-9,12,14H,3-4,6-7,10-11,18H2. The second kappa shape index (κ2) is 4.74. The summed E-state index contributed by atoms with van der Waals surface area (Å²) in [5.41, 5.74) is 9.30. The van der Waals surface area contributed by atoms with Crippen molar-refractivity contribution in [3.05, 3.63) is 36.0 Å². The molecule has 2 aromatic rings. The van der Waals surface area contributed by atoms with Gasteiger partial charge in [-0.15, -0.1) is 0 Å². The van der Waals surface area contributed by atoms with Crippen LogP contribution in [0.15, 0.2) is 30.5 Å². The predicted molar refractivity (Wildman–Crippen MR) is 82.3 cm³/mol. The number of hydrogen-bond donors (Lipinski definition) is 1. The van der Waals surface area contributed by atoms with Gasteiger partial charge in [-0.2, -0.15) is 0 Å². The largest absolute Gasteiger partial charge is 0.398 e. The van der Waals surface area contributed by atoms with Crippen molar-refractivity contribution in [2.75, 3.05) is 12.3 Å².